The van der Waals surface area contributed by atoms with Crippen LogP contribution in [0.4, 0.5) is 0 Å². The molecule has 24 heavy (non-hydrogen) atoms. The van der Waals surface area contributed by atoms with Gasteiger partial charge in [-0.2, -0.15) is 0 Å². The molecule has 2 aromatic rings. The van der Waals surface area contributed by atoms with E-state index in [-0.39, 0.29) is 0 Å². The second kappa shape index (κ2) is 6.79. The zero-order valence-electron chi connectivity index (χ0n) is 13.2. The van der Waals surface area contributed by atoms with Gasteiger partial charge in [-0.25, -0.2) is 4.79 Å². The van der Waals surface area contributed by atoms with Crippen LogP contribution in [0.5, 0.6) is 0 Å². The fourth-order valence-electron chi connectivity index (χ4n) is 3.32. The van der Waals surface area contributed by atoms with Crippen LogP contribution in [0, 0.1) is 0 Å². The van der Waals surface area contributed by atoms with Gasteiger partial charge in [0.15, 0.2) is 5.78 Å². The first kappa shape index (κ1) is 16.1. The summed E-state index contributed by atoms with van der Waals surface area (Å²) in [6.07, 6.45) is 2.71. The van der Waals surface area contributed by atoms with E-state index in [9.17, 15) is 14.4 Å². The lowest BCUT2D eigenvalue weighted by Gasteiger charge is -2.26. The van der Waals surface area contributed by atoms with Gasteiger partial charge in [0.05, 0.1) is 6.42 Å². The maximum absolute atomic E-state index is 12.0. The molecule has 0 spiro atoms. The highest BCUT2D eigenvalue weighted by Gasteiger charge is 2.22. The molecule has 0 aliphatic heterocycles. The monoisotopic (exact) mass is 322 g/mol. The van der Waals surface area contributed by atoms with E-state index < -0.39 is 24.0 Å². The van der Waals surface area contributed by atoms with Crippen molar-refractivity contribution in [1.29, 1.82) is 0 Å². The number of aliphatic carboxylic acids is 1. The molecule has 0 aromatic heterocycles. The Bertz CT molecular complexity index is 790. The summed E-state index contributed by atoms with van der Waals surface area (Å²) >= 11 is 0. The van der Waals surface area contributed by atoms with Crippen LogP contribution >= 0.6 is 0 Å². The number of hydrogen-bond donors (Lipinski definition) is 1. The van der Waals surface area contributed by atoms with Crippen LogP contribution < -0.4 is 0 Å². The van der Waals surface area contributed by atoms with E-state index in [0.29, 0.717) is 11.5 Å². The molecule has 0 heterocycles. The van der Waals surface area contributed by atoms with Gasteiger partial charge in [-0.05, 0) is 36.0 Å². The van der Waals surface area contributed by atoms with Gasteiger partial charge < -0.3 is 5.11 Å². The lowest BCUT2D eigenvalue weighted by molar-refractivity contribution is -0.148. The van der Waals surface area contributed by atoms with Crippen molar-refractivity contribution in [3.05, 3.63) is 70.8 Å². The normalized spacial score (nSPS) is 16.2. The molecule has 1 atom stereocenters. The van der Waals surface area contributed by atoms with Crippen molar-refractivity contribution in [2.75, 3.05) is 0 Å². The molecule has 122 valence electrons. The highest BCUT2D eigenvalue weighted by atomic mass is 16.4. The molecular weight excluding hydrogens is 304 g/mol. The van der Waals surface area contributed by atoms with Crippen LogP contribution in [0.25, 0.3) is 0 Å². The van der Waals surface area contributed by atoms with E-state index in [1.165, 1.54) is 11.1 Å². The van der Waals surface area contributed by atoms with Crippen LogP contribution in [0.1, 0.15) is 52.2 Å². The first-order chi connectivity index (χ1) is 11.6. The second-order valence-corrected chi connectivity index (χ2v) is 6.09. The fourth-order valence-corrected chi connectivity index (χ4v) is 3.32. The maximum Gasteiger partial charge on any atom is 0.372 e. The third-order valence-corrected chi connectivity index (χ3v) is 4.56. The summed E-state index contributed by atoms with van der Waals surface area (Å²) in [5.41, 5.74) is 4.23. The van der Waals surface area contributed by atoms with Gasteiger partial charge in [0.1, 0.15) is 0 Å². The molecule has 0 bridgehead atoms. The Kier molecular flexibility index (Phi) is 4.56. The van der Waals surface area contributed by atoms with Gasteiger partial charge in [0.2, 0.25) is 5.78 Å². The minimum atomic E-state index is -1.57. The Hall–Kier alpha value is -2.75. The zero-order chi connectivity index (χ0) is 17.1. The molecule has 0 saturated heterocycles. The fraction of sp³-hybridized carbons (Fsp3) is 0.250. The van der Waals surface area contributed by atoms with E-state index in [2.05, 4.69) is 18.2 Å². The van der Waals surface area contributed by atoms with Crippen LogP contribution in [-0.2, 0) is 16.0 Å². The first-order valence-electron chi connectivity index (χ1n) is 8.03. The van der Waals surface area contributed by atoms with Crippen LogP contribution in [0.3, 0.4) is 0 Å². The maximum atomic E-state index is 12.0. The minimum absolute atomic E-state index is 0.319. The SMILES string of the molecule is O=C(O)C(=O)CC(=O)c1ccc([C@H]2CCCc3ccccc32)cc1. The molecule has 1 aliphatic rings. The molecule has 1 N–H and O–H groups in total. The van der Waals surface area contributed by atoms with Gasteiger partial charge in [0.25, 0.3) is 0 Å². The summed E-state index contributed by atoms with van der Waals surface area (Å²) in [5, 5.41) is 8.58. The van der Waals surface area contributed by atoms with E-state index in [0.717, 1.165) is 24.8 Å². The highest BCUT2D eigenvalue weighted by molar-refractivity contribution is 6.37. The number of aryl methyl sites for hydroxylation is 1. The summed E-state index contributed by atoms with van der Waals surface area (Å²) in [5.74, 6) is -2.79. The largest absolute Gasteiger partial charge is 0.475 e. The number of rotatable bonds is 5. The minimum Gasteiger partial charge on any atom is -0.475 e. The first-order valence-corrected chi connectivity index (χ1v) is 8.03. The quantitative estimate of drug-likeness (QED) is 0.520. The number of ketones is 2. The van der Waals surface area contributed by atoms with Gasteiger partial charge in [-0.15, -0.1) is 0 Å². The van der Waals surface area contributed by atoms with Gasteiger partial charge in [0, 0.05) is 11.5 Å². The smallest absolute Gasteiger partial charge is 0.372 e. The van der Waals surface area contributed by atoms with Gasteiger partial charge >= 0.3 is 5.97 Å². The summed E-state index contributed by atoms with van der Waals surface area (Å²) in [4.78, 5) is 33.7. The molecule has 0 amide bonds. The topological polar surface area (TPSA) is 71.4 Å². The average molecular weight is 322 g/mol. The van der Waals surface area contributed by atoms with Gasteiger partial charge in [-0.1, -0.05) is 48.5 Å². The number of carboxylic acids is 1. The summed E-state index contributed by atoms with van der Waals surface area (Å²) < 4.78 is 0. The van der Waals surface area contributed by atoms with Crippen molar-refractivity contribution < 1.29 is 19.5 Å². The van der Waals surface area contributed by atoms with Crippen molar-refractivity contribution in [3.8, 4) is 0 Å². The highest BCUT2D eigenvalue weighted by Crippen LogP contribution is 2.36. The summed E-state index contributed by atoms with van der Waals surface area (Å²) in [6.45, 7) is 0. The average Bonchev–Trinajstić information content (AvgIpc) is 2.61. The third-order valence-electron chi connectivity index (χ3n) is 4.56. The van der Waals surface area contributed by atoms with Crippen molar-refractivity contribution in [1.82, 2.24) is 0 Å². The Morgan fingerprint density at radius 1 is 1.00 bits per heavy atom. The molecule has 4 nitrogen and oxygen atoms in total. The number of hydrogen-bond acceptors (Lipinski definition) is 3. The van der Waals surface area contributed by atoms with Gasteiger partial charge in [-0.3, -0.25) is 9.59 Å². The van der Waals surface area contributed by atoms with Crippen molar-refractivity contribution in [3.63, 3.8) is 0 Å². The molecule has 3 rings (SSSR count). The molecule has 1 aliphatic carbocycles. The summed E-state index contributed by atoms with van der Waals surface area (Å²) in [7, 11) is 0. The predicted molar refractivity (Wildman–Crippen MR) is 89.3 cm³/mol. The van der Waals surface area contributed by atoms with E-state index >= 15 is 0 Å². The number of Topliss-reactive ketones (excluding diaryl/α,β-unsaturated/α-hetero) is 2. The van der Waals surface area contributed by atoms with Crippen LogP contribution in [0.2, 0.25) is 0 Å². The van der Waals surface area contributed by atoms with Crippen molar-refractivity contribution in [2.45, 2.75) is 31.6 Å². The van der Waals surface area contributed by atoms with E-state index in [1.807, 2.05) is 18.2 Å². The van der Waals surface area contributed by atoms with E-state index in [1.54, 1.807) is 12.1 Å². The van der Waals surface area contributed by atoms with Crippen molar-refractivity contribution in [2.24, 2.45) is 0 Å². The number of carbonyl (C=O) groups is 3. The Morgan fingerprint density at radius 3 is 2.42 bits per heavy atom. The molecule has 0 fully saturated rings. The third kappa shape index (κ3) is 3.27. The summed E-state index contributed by atoms with van der Waals surface area (Å²) in [6, 6.07) is 15.6. The van der Waals surface area contributed by atoms with Crippen LogP contribution in [-0.4, -0.2) is 22.6 Å². The Labute approximate surface area is 140 Å². The second-order valence-electron chi connectivity index (χ2n) is 6.09. The molecule has 4 heteroatoms. The molecule has 0 radical (unpaired) electrons. The molecule has 0 unspecified atom stereocenters. The lowest BCUT2D eigenvalue weighted by Crippen LogP contribution is -2.17. The molecule has 2 aromatic carbocycles. The Morgan fingerprint density at radius 2 is 1.71 bits per heavy atom. The zero-order valence-corrected chi connectivity index (χ0v) is 13.2. The predicted octanol–water partition coefficient (Wildman–Crippen LogP) is 3.38. The number of benzene rings is 2. The number of carbonyl (C=O) groups excluding carboxylic acids is 2. The molecule has 0 saturated carbocycles. The Balaban J connectivity index is 1.80. The standard InChI is InChI=1S/C20H18O4/c21-18(12-19(22)20(23)24)15-10-8-14(9-11-15)17-7-3-5-13-4-1-2-6-16(13)17/h1-2,4,6,8-11,17H,3,5,7,12H2,(H,23,24)/t17-/m1/s1. The van der Waals surface area contributed by atoms with Crippen LogP contribution in [0.15, 0.2) is 48.5 Å². The van der Waals surface area contributed by atoms with E-state index in [4.69, 9.17) is 5.11 Å². The lowest BCUT2D eigenvalue weighted by atomic mass is 9.79. The molecular formula is C20H18O4. The number of carboxylic acid groups (broad SMARTS) is 1. The number of fused-ring (bicyclic) bond motifs is 1. The van der Waals surface area contributed by atoms with Crippen molar-refractivity contribution >= 4 is 17.5 Å².